The number of benzene rings is 1. The van der Waals surface area contributed by atoms with E-state index in [-0.39, 0.29) is 18.2 Å². The van der Waals surface area contributed by atoms with E-state index in [1.165, 1.54) is 10.4 Å². The van der Waals surface area contributed by atoms with Crippen molar-refractivity contribution in [1.82, 2.24) is 15.2 Å². The largest absolute Gasteiger partial charge is 0.356 e. The fraction of sp³-hybridized carbons (Fsp3) is 0.320. The van der Waals surface area contributed by atoms with Gasteiger partial charge in [-0.15, -0.1) is 11.3 Å². The van der Waals surface area contributed by atoms with Gasteiger partial charge < -0.3 is 10.2 Å². The minimum atomic E-state index is -0.622. The molecular formula is C25H27N3O2S. The third kappa shape index (κ3) is 4.69. The lowest BCUT2D eigenvalue weighted by Gasteiger charge is -2.29. The van der Waals surface area contributed by atoms with E-state index >= 15 is 0 Å². The first kappa shape index (κ1) is 21.2. The Morgan fingerprint density at radius 3 is 2.71 bits per heavy atom. The van der Waals surface area contributed by atoms with E-state index in [1.54, 1.807) is 17.5 Å². The zero-order valence-corrected chi connectivity index (χ0v) is 18.5. The maximum atomic E-state index is 13.2. The number of pyridine rings is 1. The number of amides is 2. The van der Waals surface area contributed by atoms with Gasteiger partial charge in [0.15, 0.2) is 0 Å². The Morgan fingerprint density at radius 2 is 1.97 bits per heavy atom. The van der Waals surface area contributed by atoms with E-state index in [0.29, 0.717) is 32.5 Å². The van der Waals surface area contributed by atoms with Crippen LogP contribution in [0.1, 0.15) is 24.6 Å². The average molecular weight is 434 g/mol. The van der Waals surface area contributed by atoms with E-state index in [1.807, 2.05) is 48.2 Å². The first-order chi connectivity index (χ1) is 15.1. The predicted octanol–water partition coefficient (Wildman–Crippen LogP) is 3.95. The molecule has 1 saturated heterocycles. The zero-order chi connectivity index (χ0) is 21.7. The molecule has 31 heavy (non-hydrogen) atoms. The summed E-state index contributed by atoms with van der Waals surface area (Å²) in [4.78, 5) is 33.5. The van der Waals surface area contributed by atoms with Crippen molar-refractivity contribution >= 4 is 23.2 Å². The van der Waals surface area contributed by atoms with E-state index in [0.717, 1.165) is 11.3 Å². The number of carbonyl (C=O) groups is 2. The molecule has 0 radical (unpaired) electrons. The third-order valence-corrected chi connectivity index (χ3v) is 6.82. The third-order valence-electron chi connectivity index (χ3n) is 5.92. The van der Waals surface area contributed by atoms with Crippen molar-refractivity contribution in [1.29, 1.82) is 0 Å². The van der Waals surface area contributed by atoms with Gasteiger partial charge in [0, 0.05) is 36.4 Å². The maximum Gasteiger partial charge on any atom is 0.228 e. The number of likely N-dealkylation sites (tertiary alicyclic amines) is 1. The number of hydrogen-bond donors (Lipinski definition) is 1. The summed E-state index contributed by atoms with van der Waals surface area (Å²) < 4.78 is 0. The highest BCUT2D eigenvalue weighted by Crippen LogP contribution is 2.38. The number of nitrogens with one attached hydrogen (secondary N) is 1. The first-order valence-corrected chi connectivity index (χ1v) is 11.6. The average Bonchev–Trinajstić information content (AvgIpc) is 3.46. The van der Waals surface area contributed by atoms with Crippen molar-refractivity contribution in [2.45, 2.75) is 26.2 Å². The van der Waals surface area contributed by atoms with Crippen molar-refractivity contribution in [3.8, 4) is 10.4 Å². The van der Waals surface area contributed by atoms with Crippen LogP contribution in [0, 0.1) is 5.41 Å². The Hall–Kier alpha value is -2.99. The summed E-state index contributed by atoms with van der Waals surface area (Å²) >= 11 is 1.70. The Bertz CT molecular complexity index is 1040. The molecule has 1 aliphatic heterocycles. The van der Waals surface area contributed by atoms with Gasteiger partial charge in [0.2, 0.25) is 11.8 Å². The molecule has 2 amide bonds. The Balaban J connectivity index is 1.58. The fourth-order valence-corrected chi connectivity index (χ4v) is 5.11. The minimum absolute atomic E-state index is 0.0245. The molecule has 2 aromatic heterocycles. The summed E-state index contributed by atoms with van der Waals surface area (Å²) in [5.41, 5.74) is 2.45. The van der Waals surface area contributed by atoms with Crippen LogP contribution in [0.15, 0.2) is 66.2 Å². The lowest BCUT2D eigenvalue weighted by atomic mass is 9.78. The molecule has 0 aliphatic carbocycles. The molecule has 1 fully saturated rings. The molecule has 0 saturated carbocycles. The molecule has 0 unspecified atom stereocenters. The van der Waals surface area contributed by atoms with Crippen LogP contribution in [-0.4, -0.2) is 41.3 Å². The molecule has 3 aromatic rings. The summed E-state index contributed by atoms with van der Waals surface area (Å²) in [5.74, 6) is 0.0561. The Labute approximate surface area is 187 Å². The summed E-state index contributed by atoms with van der Waals surface area (Å²) in [7, 11) is 0. The topological polar surface area (TPSA) is 62.3 Å². The molecule has 5 nitrogen and oxygen atoms in total. The molecule has 160 valence electrons. The summed E-state index contributed by atoms with van der Waals surface area (Å²) in [6.07, 6.45) is 3.23. The summed E-state index contributed by atoms with van der Waals surface area (Å²) in [6.45, 7) is 3.53. The Kier molecular flexibility index (Phi) is 6.47. The van der Waals surface area contributed by atoms with Crippen molar-refractivity contribution in [2.24, 2.45) is 5.41 Å². The summed E-state index contributed by atoms with van der Waals surface area (Å²) in [5, 5.41) is 5.09. The maximum absolute atomic E-state index is 13.2. The molecule has 1 N–H and O–H groups in total. The van der Waals surface area contributed by atoms with Gasteiger partial charge in [0.05, 0.1) is 11.8 Å². The van der Waals surface area contributed by atoms with Crippen LogP contribution in [0.2, 0.25) is 0 Å². The molecule has 6 heteroatoms. The molecular weight excluding hydrogens is 406 g/mol. The normalized spacial score (nSPS) is 18.2. The van der Waals surface area contributed by atoms with E-state index in [2.05, 4.69) is 33.9 Å². The van der Waals surface area contributed by atoms with Gasteiger partial charge in [-0.2, -0.15) is 0 Å². The summed E-state index contributed by atoms with van der Waals surface area (Å²) in [6, 6.07) is 18.0. The van der Waals surface area contributed by atoms with Crippen molar-refractivity contribution in [3.63, 3.8) is 0 Å². The lowest BCUT2D eigenvalue weighted by molar-refractivity contribution is -0.132. The molecule has 1 atom stereocenters. The smallest absolute Gasteiger partial charge is 0.228 e. The molecule has 0 bridgehead atoms. The molecule has 0 spiro atoms. The van der Waals surface area contributed by atoms with Gasteiger partial charge in [-0.1, -0.05) is 36.4 Å². The van der Waals surface area contributed by atoms with Gasteiger partial charge >= 0.3 is 0 Å². The second-order valence-electron chi connectivity index (χ2n) is 8.01. The van der Waals surface area contributed by atoms with E-state index in [9.17, 15) is 9.59 Å². The second kappa shape index (κ2) is 9.43. The zero-order valence-electron chi connectivity index (χ0n) is 17.7. The van der Waals surface area contributed by atoms with Crippen LogP contribution >= 0.6 is 11.3 Å². The standard InChI is InChI=1S/C25H27N3O2S/c1-2-26-24(30)25(17-19-8-3-4-10-21(19)22-11-7-15-31-22)12-14-28(18-25)23(29)16-20-9-5-6-13-27-20/h3-11,13,15H,2,12,14,16-18H2,1H3,(H,26,30)/t25-/m0/s1. The second-order valence-corrected chi connectivity index (χ2v) is 8.96. The van der Waals surface area contributed by atoms with Gasteiger partial charge in [0.1, 0.15) is 0 Å². The van der Waals surface area contributed by atoms with Gasteiger partial charge in [-0.3, -0.25) is 14.6 Å². The molecule has 4 rings (SSSR count). The Morgan fingerprint density at radius 1 is 1.13 bits per heavy atom. The van der Waals surface area contributed by atoms with Crippen LogP contribution in [0.25, 0.3) is 10.4 Å². The number of aromatic nitrogens is 1. The van der Waals surface area contributed by atoms with Crippen LogP contribution < -0.4 is 5.32 Å². The van der Waals surface area contributed by atoms with Crippen LogP contribution in [0.4, 0.5) is 0 Å². The predicted molar refractivity (Wildman–Crippen MR) is 124 cm³/mol. The molecule has 1 aliphatic rings. The number of thiophene rings is 1. The van der Waals surface area contributed by atoms with Crippen molar-refractivity contribution in [3.05, 3.63) is 77.4 Å². The quantitative estimate of drug-likeness (QED) is 0.614. The van der Waals surface area contributed by atoms with Gasteiger partial charge in [-0.25, -0.2) is 0 Å². The highest BCUT2D eigenvalue weighted by molar-refractivity contribution is 7.13. The van der Waals surface area contributed by atoms with Gasteiger partial charge in [0.25, 0.3) is 0 Å². The van der Waals surface area contributed by atoms with E-state index in [4.69, 9.17) is 0 Å². The van der Waals surface area contributed by atoms with E-state index < -0.39 is 5.41 Å². The van der Waals surface area contributed by atoms with Crippen molar-refractivity contribution in [2.75, 3.05) is 19.6 Å². The first-order valence-electron chi connectivity index (χ1n) is 10.7. The fourth-order valence-electron chi connectivity index (χ4n) is 4.32. The van der Waals surface area contributed by atoms with Crippen LogP contribution in [0.3, 0.4) is 0 Å². The highest BCUT2D eigenvalue weighted by Gasteiger charge is 2.46. The van der Waals surface area contributed by atoms with Crippen LogP contribution in [-0.2, 0) is 22.4 Å². The molecule has 3 heterocycles. The lowest BCUT2D eigenvalue weighted by Crippen LogP contribution is -2.45. The van der Waals surface area contributed by atoms with Crippen molar-refractivity contribution < 1.29 is 9.59 Å². The van der Waals surface area contributed by atoms with Gasteiger partial charge in [-0.05, 0) is 54.5 Å². The molecule has 1 aromatic carbocycles. The number of carbonyl (C=O) groups excluding carboxylic acids is 2. The van der Waals surface area contributed by atoms with Crippen LogP contribution in [0.5, 0.6) is 0 Å². The number of nitrogens with zero attached hydrogens (tertiary/aromatic N) is 2. The number of hydrogen-bond acceptors (Lipinski definition) is 4. The highest BCUT2D eigenvalue weighted by atomic mass is 32.1. The number of rotatable bonds is 7. The minimum Gasteiger partial charge on any atom is -0.356 e. The monoisotopic (exact) mass is 433 g/mol. The SMILES string of the molecule is CCNC(=O)[C@]1(Cc2ccccc2-c2cccs2)CCN(C(=O)Cc2ccccn2)C1.